The first-order chi connectivity index (χ1) is 14.8. The van der Waals surface area contributed by atoms with Gasteiger partial charge in [-0.05, 0) is 29.7 Å². The Hall–Kier alpha value is -3.10. The van der Waals surface area contributed by atoms with Crippen molar-refractivity contribution in [1.82, 2.24) is 19.9 Å². The van der Waals surface area contributed by atoms with Crippen LogP contribution in [0.5, 0.6) is 0 Å². The van der Waals surface area contributed by atoms with Crippen molar-refractivity contribution in [3.63, 3.8) is 0 Å². The molecule has 0 unspecified atom stereocenters. The van der Waals surface area contributed by atoms with Crippen LogP contribution in [0, 0.1) is 0 Å². The van der Waals surface area contributed by atoms with E-state index in [4.69, 9.17) is 4.74 Å². The summed E-state index contributed by atoms with van der Waals surface area (Å²) in [6.07, 6.45) is 5.28. The van der Waals surface area contributed by atoms with Crippen LogP contribution in [-0.2, 0) is 11.3 Å². The number of fused-ring (bicyclic) bond motifs is 2. The van der Waals surface area contributed by atoms with Crippen LogP contribution in [0.1, 0.15) is 11.4 Å². The van der Waals surface area contributed by atoms with E-state index in [0.717, 1.165) is 78.9 Å². The van der Waals surface area contributed by atoms with Gasteiger partial charge in [0, 0.05) is 62.9 Å². The van der Waals surface area contributed by atoms with Crippen LogP contribution in [-0.4, -0.2) is 72.1 Å². The smallest absolute Gasteiger partial charge is 0.154 e. The van der Waals surface area contributed by atoms with Crippen LogP contribution in [0.25, 0.3) is 10.8 Å². The number of pyridine rings is 1. The molecular weight excluding hydrogens is 378 g/mol. The Kier molecular flexibility index (Phi) is 5.25. The highest BCUT2D eigenvalue weighted by Gasteiger charge is 2.18. The molecule has 1 N–H and O–H groups in total. The summed E-state index contributed by atoms with van der Waals surface area (Å²) in [7, 11) is 2.11. The molecule has 0 amide bonds. The summed E-state index contributed by atoms with van der Waals surface area (Å²) in [5.41, 5.74) is 2.72. The second-order valence-corrected chi connectivity index (χ2v) is 7.59. The van der Waals surface area contributed by atoms with E-state index < -0.39 is 0 Å². The van der Waals surface area contributed by atoms with E-state index in [0.29, 0.717) is 6.54 Å². The predicted octanol–water partition coefficient (Wildman–Crippen LogP) is 2.17. The summed E-state index contributed by atoms with van der Waals surface area (Å²) in [5, 5.41) is 5.68. The highest BCUT2D eigenvalue weighted by Crippen LogP contribution is 2.27. The molecule has 0 atom stereocenters. The van der Waals surface area contributed by atoms with E-state index in [2.05, 4.69) is 60.3 Å². The van der Waals surface area contributed by atoms with Gasteiger partial charge in [0.15, 0.2) is 5.84 Å². The number of benzene rings is 1. The highest BCUT2D eigenvalue weighted by molar-refractivity contribution is 6.09. The molecule has 0 spiro atoms. The first-order valence-electron chi connectivity index (χ1n) is 10.3. The van der Waals surface area contributed by atoms with E-state index in [9.17, 15) is 0 Å². The Bertz CT molecular complexity index is 1080. The minimum atomic E-state index is 0.571. The number of aliphatic imine (C=N–C) groups is 1. The van der Waals surface area contributed by atoms with Gasteiger partial charge in [-0.25, -0.2) is 9.97 Å². The van der Waals surface area contributed by atoms with Crippen LogP contribution in [0.4, 0.5) is 11.5 Å². The molecule has 2 aliphatic heterocycles. The molecule has 1 saturated heterocycles. The molecule has 2 aromatic heterocycles. The Morgan fingerprint density at radius 1 is 1.07 bits per heavy atom. The van der Waals surface area contributed by atoms with Gasteiger partial charge in [0.1, 0.15) is 11.5 Å². The van der Waals surface area contributed by atoms with Crippen molar-refractivity contribution in [2.45, 2.75) is 6.54 Å². The fourth-order valence-corrected chi connectivity index (χ4v) is 3.91. The largest absolute Gasteiger partial charge is 0.379 e. The summed E-state index contributed by atoms with van der Waals surface area (Å²) in [5.74, 6) is 1.77. The lowest BCUT2D eigenvalue weighted by atomic mass is 10.1. The lowest BCUT2D eigenvalue weighted by Crippen LogP contribution is -2.40. The molecule has 0 saturated carbocycles. The van der Waals surface area contributed by atoms with Gasteiger partial charge in [-0.3, -0.25) is 14.9 Å². The first kappa shape index (κ1) is 18.9. The number of rotatable bonds is 5. The van der Waals surface area contributed by atoms with Crippen molar-refractivity contribution in [1.29, 1.82) is 0 Å². The second-order valence-electron chi connectivity index (χ2n) is 7.59. The number of likely N-dealkylation sites (N-methyl/N-ethyl adjacent to an activating group) is 1. The number of ether oxygens (including phenoxy) is 1. The Morgan fingerprint density at radius 3 is 2.83 bits per heavy atom. The van der Waals surface area contributed by atoms with Gasteiger partial charge in [0.05, 0.1) is 25.5 Å². The first-order valence-corrected chi connectivity index (χ1v) is 10.3. The van der Waals surface area contributed by atoms with Crippen LogP contribution < -0.4 is 10.2 Å². The maximum atomic E-state index is 5.44. The van der Waals surface area contributed by atoms with Crippen molar-refractivity contribution < 1.29 is 4.74 Å². The van der Waals surface area contributed by atoms with E-state index >= 15 is 0 Å². The minimum Gasteiger partial charge on any atom is -0.379 e. The second kappa shape index (κ2) is 8.33. The fourth-order valence-electron chi connectivity index (χ4n) is 3.91. The van der Waals surface area contributed by atoms with Crippen molar-refractivity contribution in [2.24, 2.45) is 4.99 Å². The quantitative estimate of drug-likeness (QED) is 0.699. The van der Waals surface area contributed by atoms with E-state index in [1.807, 2.05) is 12.3 Å². The highest BCUT2D eigenvalue weighted by atomic mass is 16.5. The Morgan fingerprint density at radius 2 is 1.93 bits per heavy atom. The van der Waals surface area contributed by atoms with E-state index in [-0.39, 0.29) is 0 Å². The van der Waals surface area contributed by atoms with E-state index in [1.165, 1.54) is 0 Å². The lowest BCUT2D eigenvalue weighted by Gasteiger charge is -2.29. The SMILES string of the molecule is CN(CCN1CCOCC1)c1nccc2cc(NC3=NCc4nccnc43)ccc12. The standard InChI is InChI=1S/C22H25N7O/c1-28(8-9-29-10-12-30-13-11-29)22-18-3-2-17(14-16(18)4-5-25-22)27-21-20-19(15-26-21)23-6-7-24-20/h2-7,14H,8-13,15H2,1H3,(H,26,27). The van der Waals surface area contributed by atoms with Crippen molar-refractivity contribution in [2.75, 3.05) is 56.7 Å². The van der Waals surface area contributed by atoms with Gasteiger partial charge in [-0.15, -0.1) is 0 Å². The summed E-state index contributed by atoms with van der Waals surface area (Å²) in [6, 6.07) is 8.37. The number of nitrogens with zero attached hydrogens (tertiary/aromatic N) is 6. The number of amidine groups is 1. The van der Waals surface area contributed by atoms with Crippen LogP contribution in [0.15, 0.2) is 47.8 Å². The monoisotopic (exact) mass is 403 g/mol. The van der Waals surface area contributed by atoms with Gasteiger partial charge >= 0.3 is 0 Å². The zero-order valence-electron chi connectivity index (χ0n) is 17.1. The van der Waals surface area contributed by atoms with Crippen molar-refractivity contribution in [3.05, 3.63) is 54.2 Å². The number of nitrogens with one attached hydrogen (secondary N) is 1. The molecule has 8 nitrogen and oxygen atoms in total. The third-order valence-electron chi connectivity index (χ3n) is 5.61. The molecule has 0 radical (unpaired) electrons. The fraction of sp³-hybridized carbons (Fsp3) is 0.364. The molecule has 5 rings (SSSR count). The molecule has 30 heavy (non-hydrogen) atoms. The van der Waals surface area contributed by atoms with Crippen LogP contribution in [0.2, 0.25) is 0 Å². The average molecular weight is 403 g/mol. The summed E-state index contributed by atoms with van der Waals surface area (Å²) >= 11 is 0. The topological polar surface area (TPSA) is 78.8 Å². The van der Waals surface area contributed by atoms with Gasteiger partial charge in [-0.2, -0.15) is 0 Å². The number of morpholine rings is 1. The molecule has 2 aliphatic rings. The molecule has 1 aromatic carbocycles. The molecule has 0 bridgehead atoms. The normalized spacial score (nSPS) is 16.4. The van der Waals surface area contributed by atoms with Crippen LogP contribution >= 0.6 is 0 Å². The molecule has 3 aromatic rings. The zero-order chi connectivity index (χ0) is 20.3. The summed E-state index contributed by atoms with van der Waals surface area (Å²) in [6.45, 7) is 6.17. The van der Waals surface area contributed by atoms with Gasteiger partial charge < -0.3 is 15.0 Å². The number of hydrogen-bond donors (Lipinski definition) is 1. The Balaban J connectivity index is 1.32. The van der Waals surface area contributed by atoms with Gasteiger partial charge in [-0.1, -0.05) is 0 Å². The average Bonchev–Trinajstić information content (AvgIpc) is 3.20. The molecule has 8 heteroatoms. The lowest BCUT2D eigenvalue weighted by molar-refractivity contribution is 0.0393. The zero-order valence-corrected chi connectivity index (χ0v) is 17.1. The predicted molar refractivity (Wildman–Crippen MR) is 118 cm³/mol. The molecule has 154 valence electrons. The van der Waals surface area contributed by atoms with Gasteiger partial charge in [0.25, 0.3) is 0 Å². The third kappa shape index (κ3) is 3.83. The Labute approximate surface area is 175 Å². The summed E-state index contributed by atoms with van der Waals surface area (Å²) in [4.78, 5) is 22.6. The molecule has 1 fully saturated rings. The number of anilines is 2. The molecule has 4 heterocycles. The maximum Gasteiger partial charge on any atom is 0.154 e. The van der Waals surface area contributed by atoms with Crippen molar-refractivity contribution in [3.8, 4) is 0 Å². The van der Waals surface area contributed by atoms with Crippen molar-refractivity contribution >= 4 is 28.1 Å². The summed E-state index contributed by atoms with van der Waals surface area (Å²) < 4.78 is 5.44. The molecule has 0 aliphatic carbocycles. The third-order valence-corrected chi connectivity index (χ3v) is 5.61. The number of aromatic nitrogens is 3. The van der Waals surface area contributed by atoms with Gasteiger partial charge in [0.2, 0.25) is 0 Å². The molecular formula is C22H25N7O. The van der Waals surface area contributed by atoms with E-state index in [1.54, 1.807) is 12.4 Å². The number of hydrogen-bond acceptors (Lipinski definition) is 8. The van der Waals surface area contributed by atoms with Crippen LogP contribution in [0.3, 0.4) is 0 Å². The maximum absolute atomic E-state index is 5.44. The minimum absolute atomic E-state index is 0.571.